The molecule has 1 amide bonds. The van der Waals surface area contributed by atoms with Gasteiger partial charge in [0.25, 0.3) is 0 Å². The van der Waals surface area contributed by atoms with Crippen molar-refractivity contribution in [2.75, 3.05) is 0 Å². The maximum absolute atomic E-state index is 12.0. The van der Waals surface area contributed by atoms with Crippen LogP contribution in [0.4, 0.5) is 4.79 Å². The molecule has 2 N–H and O–H groups in total. The summed E-state index contributed by atoms with van der Waals surface area (Å²) in [5.74, 6) is -0.903. The number of benzene rings is 1. The number of carboxylic acids is 1. The first-order chi connectivity index (χ1) is 10.0. The van der Waals surface area contributed by atoms with E-state index in [1.165, 1.54) is 0 Å². The molecule has 22 heavy (non-hydrogen) atoms. The van der Waals surface area contributed by atoms with E-state index in [4.69, 9.17) is 4.74 Å². The van der Waals surface area contributed by atoms with Crippen molar-refractivity contribution in [1.29, 1.82) is 0 Å². The van der Waals surface area contributed by atoms with Crippen LogP contribution in [0.15, 0.2) is 30.3 Å². The molecule has 0 aliphatic carbocycles. The zero-order valence-corrected chi connectivity index (χ0v) is 13.8. The first-order valence-corrected chi connectivity index (χ1v) is 7.29. The largest absolute Gasteiger partial charge is 0.481 e. The first-order valence-electron chi connectivity index (χ1n) is 7.29. The zero-order valence-electron chi connectivity index (χ0n) is 13.8. The SMILES string of the molecule is CC(C)(C)OC(=O)NC(CC(C)(C)C(=O)O)c1ccccc1. The molecule has 0 saturated heterocycles. The first kappa shape index (κ1) is 18.0. The molecule has 1 aromatic rings. The van der Waals surface area contributed by atoms with Crippen molar-refractivity contribution in [3.05, 3.63) is 35.9 Å². The Morgan fingerprint density at radius 3 is 2.14 bits per heavy atom. The van der Waals surface area contributed by atoms with E-state index in [0.29, 0.717) is 0 Å². The van der Waals surface area contributed by atoms with Gasteiger partial charge in [0.2, 0.25) is 0 Å². The molecule has 0 spiro atoms. The topological polar surface area (TPSA) is 75.6 Å². The molecule has 1 unspecified atom stereocenters. The van der Waals surface area contributed by atoms with E-state index in [1.807, 2.05) is 30.3 Å². The van der Waals surface area contributed by atoms with Gasteiger partial charge in [0.15, 0.2) is 0 Å². The molecule has 122 valence electrons. The standard InChI is InChI=1S/C17H25NO4/c1-16(2,3)22-15(21)18-13(11-17(4,5)14(19)20)12-9-7-6-8-10-12/h6-10,13H,11H2,1-5H3,(H,18,21)(H,19,20). The minimum Gasteiger partial charge on any atom is -0.481 e. The zero-order chi connectivity index (χ0) is 17.0. The van der Waals surface area contributed by atoms with E-state index in [1.54, 1.807) is 34.6 Å². The van der Waals surface area contributed by atoms with Gasteiger partial charge in [0.05, 0.1) is 11.5 Å². The molecule has 0 fully saturated rings. The minimum absolute atomic E-state index is 0.269. The Balaban J connectivity index is 2.93. The number of carbonyl (C=O) groups is 2. The van der Waals surface area contributed by atoms with Crippen LogP contribution in [0.3, 0.4) is 0 Å². The summed E-state index contributed by atoms with van der Waals surface area (Å²) < 4.78 is 5.27. The summed E-state index contributed by atoms with van der Waals surface area (Å²) >= 11 is 0. The fourth-order valence-corrected chi connectivity index (χ4v) is 1.98. The molecule has 0 aliphatic rings. The number of amides is 1. The van der Waals surface area contributed by atoms with E-state index in [0.717, 1.165) is 5.56 Å². The fourth-order valence-electron chi connectivity index (χ4n) is 1.98. The van der Waals surface area contributed by atoms with Gasteiger partial charge in [-0.25, -0.2) is 4.79 Å². The Morgan fingerprint density at radius 1 is 1.14 bits per heavy atom. The highest BCUT2D eigenvalue weighted by molar-refractivity contribution is 5.74. The van der Waals surface area contributed by atoms with Gasteiger partial charge in [-0.15, -0.1) is 0 Å². The van der Waals surface area contributed by atoms with Crippen LogP contribution in [-0.2, 0) is 9.53 Å². The van der Waals surface area contributed by atoms with Gasteiger partial charge in [-0.05, 0) is 46.6 Å². The lowest BCUT2D eigenvalue weighted by Crippen LogP contribution is -2.38. The molecule has 5 heteroatoms. The molecule has 0 bridgehead atoms. The van der Waals surface area contributed by atoms with Crippen LogP contribution in [0.1, 0.15) is 52.6 Å². The molecule has 0 aliphatic heterocycles. The van der Waals surface area contributed by atoms with Crippen molar-refractivity contribution >= 4 is 12.1 Å². The molecular weight excluding hydrogens is 282 g/mol. The van der Waals surface area contributed by atoms with Crippen LogP contribution in [0.25, 0.3) is 0 Å². The van der Waals surface area contributed by atoms with Crippen molar-refractivity contribution in [2.24, 2.45) is 5.41 Å². The Kier molecular flexibility index (Phi) is 5.58. The van der Waals surface area contributed by atoms with Gasteiger partial charge in [0, 0.05) is 0 Å². The number of ether oxygens (including phenoxy) is 1. The molecule has 5 nitrogen and oxygen atoms in total. The van der Waals surface area contributed by atoms with E-state index < -0.39 is 29.1 Å². The van der Waals surface area contributed by atoms with Crippen molar-refractivity contribution in [2.45, 2.75) is 52.7 Å². The lowest BCUT2D eigenvalue weighted by Gasteiger charge is -2.28. The van der Waals surface area contributed by atoms with E-state index in [2.05, 4.69) is 5.32 Å². The predicted octanol–water partition coefficient (Wildman–Crippen LogP) is 3.75. The smallest absolute Gasteiger partial charge is 0.408 e. The number of rotatable bonds is 5. The minimum atomic E-state index is -0.963. The summed E-state index contributed by atoms with van der Waals surface area (Å²) in [5, 5.41) is 12.1. The molecule has 0 aromatic heterocycles. The molecular formula is C17H25NO4. The molecule has 1 atom stereocenters. The third-order valence-electron chi connectivity index (χ3n) is 3.19. The summed E-state index contributed by atoms with van der Waals surface area (Å²) in [4.78, 5) is 23.4. The highest BCUT2D eigenvalue weighted by Gasteiger charge is 2.32. The van der Waals surface area contributed by atoms with Gasteiger partial charge >= 0.3 is 12.1 Å². The molecule has 1 aromatic carbocycles. The van der Waals surface area contributed by atoms with Crippen LogP contribution >= 0.6 is 0 Å². The second kappa shape index (κ2) is 6.81. The van der Waals surface area contributed by atoms with Gasteiger partial charge in [-0.3, -0.25) is 4.79 Å². The summed E-state index contributed by atoms with van der Waals surface area (Å²) in [6, 6.07) is 8.87. The Hall–Kier alpha value is -2.04. The van der Waals surface area contributed by atoms with Crippen LogP contribution in [0, 0.1) is 5.41 Å². The Labute approximate surface area is 131 Å². The molecule has 0 heterocycles. The van der Waals surface area contributed by atoms with Crippen LogP contribution in [0.5, 0.6) is 0 Å². The molecule has 0 radical (unpaired) electrons. The second-order valence-electron chi connectivity index (χ2n) is 7.00. The highest BCUT2D eigenvalue weighted by Crippen LogP contribution is 2.30. The Bertz CT molecular complexity index is 517. The average Bonchev–Trinajstić information content (AvgIpc) is 2.36. The van der Waals surface area contributed by atoms with E-state index >= 15 is 0 Å². The maximum Gasteiger partial charge on any atom is 0.408 e. The third kappa shape index (κ3) is 5.76. The Morgan fingerprint density at radius 2 is 1.68 bits per heavy atom. The van der Waals surface area contributed by atoms with E-state index in [9.17, 15) is 14.7 Å². The van der Waals surface area contributed by atoms with Crippen LogP contribution in [0.2, 0.25) is 0 Å². The van der Waals surface area contributed by atoms with Crippen molar-refractivity contribution < 1.29 is 19.4 Å². The van der Waals surface area contributed by atoms with Crippen molar-refractivity contribution in [3.63, 3.8) is 0 Å². The van der Waals surface area contributed by atoms with Gasteiger partial charge in [-0.1, -0.05) is 30.3 Å². The van der Waals surface area contributed by atoms with Crippen LogP contribution < -0.4 is 5.32 Å². The second-order valence-corrected chi connectivity index (χ2v) is 7.00. The fraction of sp³-hybridized carbons (Fsp3) is 0.529. The summed E-state index contributed by atoms with van der Waals surface area (Å²) in [6.45, 7) is 8.63. The molecule has 0 saturated carbocycles. The summed E-state index contributed by atoms with van der Waals surface area (Å²) in [6.07, 6.45) is -0.284. The number of hydrogen-bond acceptors (Lipinski definition) is 3. The normalized spacial score (nSPS) is 13.3. The summed E-state index contributed by atoms with van der Waals surface area (Å²) in [5.41, 5.74) is -0.717. The highest BCUT2D eigenvalue weighted by atomic mass is 16.6. The maximum atomic E-state index is 12.0. The lowest BCUT2D eigenvalue weighted by atomic mass is 9.83. The number of carboxylic acid groups (broad SMARTS) is 1. The lowest BCUT2D eigenvalue weighted by molar-refractivity contribution is -0.147. The third-order valence-corrected chi connectivity index (χ3v) is 3.19. The average molecular weight is 307 g/mol. The van der Waals surface area contributed by atoms with Crippen LogP contribution in [-0.4, -0.2) is 22.8 Å². The summed E-state index contributed by atoms with van der Waals surface area (Å²) in [7, 11) is 0. The van der Waals surface area contributed by atoms with E-state index in [-0.39, 0.29) is 6.42 Å². The quantitative estimate of drug-likeness (QED) is 0.868. The predicted molar refractivity (Wildman–Crippen MR) is 84.6 cm³/mol. The van der Waals surface area contributed by atoms with Crippen molar-refractivity contribution in [1.82, 2.24) is 5.32 Å². The van der Waals surface area contributed by atoms with Gasteiger partial charge in [0.1, 0.15) is 5.60 Å². The molecule has 1 rings (SSSR count). The van der Waals surface area contributed by atoms with Gasteiger partial charge < -0.3 is 15.2 Å². The number of nitrogens with one attached hydrogen (secondary N) is 1. The van der Waals surface area contributed by atoms with Crippen molar-refractivity contribution in [3.8, 4) is 0 Å². The monoisotopic (exact) mass is 307 g/mol. The number of aliphatic carboxylic acids is 1. The number of carbonyl (C=O) groups excluding carboxylic acids is 1. The number of alkyl carbamates (subject to hydrolysis) is 1. The number of hydrogen-bond donors (Lipinski definition) is 2. The van der Waals surface area contributed by atoms with Gasteiger partial charge in [-0.2, -0.15) is 0 Å².